The fourth-order valence-electron chi connectivity index (χ4n) is 1.76. The van der Waals surface area contributed by atoms with Crippen molar-refractivity contribution in [1.29, 1.82) is 0 Å². The summed E-state index contributed by atoms with van der Waals surface area (Å²) in [6.07, 6.45) is 6.03. The van der Waals surface area contributed by atoms with E-state index < -0.39 is 0 Å². The number of hydrogen-bond donors (Lipinski definition) is 1. The molecular formula is C11H17N3. The minimum absolute atomic E-state index is 0.216. The molecule has 0 radical (unpaired) electrons. The summed E-state index contributed by atoms with van der Waals surface area (Å²) in [5.74, 6) is 2.68. The van der Waals surface area contributed by atoms with Gasteiger partial charge in [-0.15, -0.1) is 12.3 Å². The number of rotatable bonds is 3. The predicted molar refractivity (Wildman–Crippen MR) is 57.9 cm³/mol. The van der Waals surface area contributed by atoms with Crippen LogP contribution in [0.5, 0.6) is 0 Å². The van der Waals surface area contributed by atoms with Crippen molar-refractivity contribution in [3.63, 3.8) is 0 Å². The Morgan fingerprint density at radius 3 is 2.57 bits per heavy atom. The zero-order chi connectivity index (χ0) is 10.7. The van der Waals surface area contributed by atoms with Crippen LogP contribution in [0, 0.1) is 26.2 Å². The lowest BCUT2D eigenvalue weighted by molar-refractivity contribution is 0.603. The number of nitrogens with one attached hydrogen (secondary N) is 1. The summed E-state index contributed by atoms with van der Waals surface area (Å²) in [5, 5.41) is 7.59. The largest absolute Gasteiger partial charge is 0.312 e. The van der Waals surface area contributed by atoms with Crippen LogP contribution in [0.25, 0.3) is 0 Å². The van der Waals surface area contributed by atoms with Crippen molar-refractivity contribution in [2.24, 2.45) is 7.05 Å². The van der Waals surface area contributed by atoms with Crippen molar-refractivity contribution < 1.29 is 0 Å². The maximum Gasteiger partial charge on any atom is 0.0644 e. The van der Waals surface area contributed by atoms with Gasteiger partial charge in [0, 0.05) is 30.8 Å². The predicted octanol–water partition coefficient (Wildman–Crippen LogP) is 1.32. The second-order valence-electron chi connectivity index (χ2n) is 3.46. The van der Waals surface area contributed by atoms with Gasteiger partial charge in [-0.1, -0.05) is 0 Å². The number of hydrogen-bond acceptors (Lipinski definition) is 2. The molecule has 0 aliphatic rings. The van der Waals surface area contributed by atoms with Gasteiger partial charge in [0.05, 0.1) is 5.69 Å². The van der Waals surface area contributed by atoms with Gasteiger partial charge in [0.15, 0.2) is 0 Å². The van der Waals surface area contributed by atoms with E-state index in [1.54, 1.807) is 0 Å². The van der Waals surface area contributed by atoms with E-state index in [4.69, 9.17) is 6.42 Å². The molecule has 1 atom stereocenters. The van der Waals surface area contributed by atoms with E-state index in [-0.39, 0.29) is 6.04 Å². The van der Waals surface area contributed by atoms with Gasteiger partial charge >= 0.3 is 0 Å². The lowest BCUT2D eigenvalue weighted by Crippen LogP contribution is -2.17. The number of terminal acetylenes is 1. The first-order valence-corrected chi connectivity index (χ1v) is 4.72. The third-order valence-corrected chi connectivity index (χ3v) is 2.58. The summed E-state index contributed by atoms with van der Waals surface area (Å²) in [5.41, 5.74) is 3.46. The molecule has 0 aliphatic carbocycles. The maximum atomic E-state index is 5.33. The van der Waals surface area contributed by atoms with E-state index in [0.29, 0.717) is 6.42 Å². The van der Waals surface area contributed by atoms with Gasteiger partial charge in [0.2, 0.25) is 0 Å². The third kappa shape index (κ3) is 1.80. The van der Waals surface area contributed by atoms with E-state index in [1.165, 1.54) is 11.3 Å². The first-order valence-electron chi connectivity index (χ1n) is 4.72. The Balaban J connectivity index is 3.10. The smallest absolute Gasteiger partial charge is 0.0644 e. The highest BCUT2D eigenvalue weighted by Crippen LogP contribution is 2.22. The van der Waals surface area contributed by atoms with E-state index in [2.05, 4.69) is 23.3 Å². The van der Waals surface area contributed by atoms with Gasteiger partial charge in [0.1, 0.15) is 0 Å². The Bertz CT molecular complexity index is 357. The topological polar surface area (TPSA) is 29.9 Å². The Kier molecular flexibility index (Phi) is 3.32. The van der Waals surface area contributed by atoms with Crippen LogP contribution in [-0.2, 0) is 7.05 Å². The normalized spacial score (nSPS) is 12.5. The molecule has 0 aromatic carbocycles. The quantitative estimate of drug-likeness (QED) is 0.730. The lowest BCUT2D eigenvalue weighted by atomic mass is 10.0. The van der Waals surface area contributed by atoms with Gasteiger partial charge in [0.25, 0.3) is 0 Å². The highest BCUT2D eigenvalue weighted by atomic mass is 15.3. The Morgan fingerprint density at radius 2 is 2.21 bits per heavy atom. The third-order valence-electron chi connectivity index (χ3n) is 2.58. The molecule has 1 N–H and O–H groups in total. The molecular weight excluding hydrogens is 174 g/mol. The molecule has 1 rings (SSSR count). The zero-order valence-electron chi connectivity index (χ0n) is 9.26. The van der Waals surface area contributed by atoms with Crippen LogP contribution in [0.1, 0.15) is 29.4 Å². The minimum atomic E-state index is 0.216. The average molecular weight is 191 g/mol. The Hall–Kier alpha value is -1.27. The van der Waals surface area contributed by atoms with Crippen molar-refractivity contribution in [2.45, 2.75) is 26.3 Å². The summed E-state index contributed by atoms with van der Waals surface area (Å²) < 4.78 is 1.89. The van der Waals surface area contributed by atoms with Gasteiger partial charge in [-0.3, -0.25) is 4.68 Å². The van der Waals surface area contributed by atoms with Crippen molar-refractivity contribution in [3.8, 4) is 12.3 Å². The van der Waals surface area contributed by atoms with Crippen molar-refractivity contribution >= 4 is 0 Å². The lowest BCUT2D eigenvalue weighted by Gasteiger charge is -2.13. The second-order valence-corrected chi connectivity index (χ2v) is 3.46. The SMILES string of the molecule is C#CCC(NC)c1c(C)nn(C)c1C. The summed E-state index contributed by atoms with van der Waals surface area (Å²) in [4.78, 5) is 0. The van der Waals surface area contributed by atoms with Gasteiger partial charge in [-0.05, 0) is 20.9 Å². The molecule has 3 nitrogen and oxygen atoms in total. The summed E-state index contributed by atoms with van der Waals surface area (Å²) in [7, 11) is 3.88. The summed E-state index contributed by atoms with van der Waals surface area (Å²) in [6.45, 7) is 4.08. The van der Waals surface area contributed by atoms with Crippen LogP contribution in [0.4, 0.5) is 0 Å². The van der Waals surface area contributed by atoms with E-state index in [0.717, 1.165) is 5.69 Å². The van der Waals surface area contributed by atoms with Crippen LogP contribution in [0.2, 0.25) is 0 Å². The van der Waals surface area contributed by atoms with E-state index in [9.17, 15) is 0 Å². The number of nitrogens with zero attached hydrogens (tertiary/aromatic N) is 2. The Morgan fingerprint density at radius 1 is 1.57 bits per heavy atom. The average Bonchev–Trinajstić information content (AvgIpc) is 2.39. The number of aryl methyl sites for hydroxylation is 2. The van der Waals surface area contributed by atoms with Gasteiger partial charge in [-0.2, -0.15) is 5.10 Å². The molecule has 0 saturated carbocycles. The van der Waals surface area contributed by atoms with Gasteiger partial charge < -0.3 is 5.32 Å². The Labute approximate surface area is 85.5 Å². The molecule has 1 unspecified atom stereocenters. The van der Waals surface area contributed by atoms with Crippen LogP contribution in [-0.4, -0.2) is 16.8 Å². The molecule has 0 amide bonds. The molecule has 0 bridgehead atoms. The summed E-state index contributed by atoms with van der Waals surface area (Å²) in [6, 6.07) is 0.216. The molecule has 0 spiro atoms. The molecule has 3 heteroatoms. The van der Waals surface area contributed by atoms with Crippen molar-refractivity contribution in [3.05, 3.63) is 17.0 Å². The number of aromatic nitrogens is 2. The van der Waals surface area contributed by atoms with Crippen LogP contribution in [0.3, 0.4) is 0 Å². The van der Waals surface area contributed by atoms with Crippen LogP contribution < -0.4 is 5.32 Å². The second kappa shape index (κ2) is 4.30. The molecule has 0 aliphatic heterocycles. The van der Waals surface area contributed by atoms with Crippen LogP contribution >= 0.6 is 0 Å². The van der Waals surface area contributed by atoms with Crippen molar-refractivity contribution in [1.82, 2.24) is 15.1 Å². The molecule has 14 heavy (non-hydrogen) atoms. The summed E-state index contributed by atoms with van der Waals surface area (Å²) >= 11 is 0. The van der Waals surface area contributed by atoms with Crippen LogP contribution in [0.15, 0.2) is 0 Å². The van der Waals surface area contributed by atoms with Gasteiger partial charge in [-0.25, -0.2) is 0 Å². The standard InChI is InChI=1S/C11H17N3/c1-6-7-10(12-4)11-8(2)13-14(5)9(11)3/h1,10,12H,7H2,2-5H3. The van der Waals surface area contributed by atoms with E-state index >= 15 is 0 Å². The highest BCUT2D eigenvalue weighted by molar-refractivity contribution is 5.29. The fraction of sp³-hybridized carbons (Fsp3) is 0.545. The van der Waals surface area contributed by atoms with E-state index in [1.807, 2.05) is 25.7 Å². The monoisotopic (exact) mass is 191 g/mol. The molecule has 1 aromatic heterocycles. The molecule has 0 fully saturated rings. The first-order chi connectivity index (χ1) is 6.61. The molecule has 1 heterocycles. The highest BCUT2D eigenvalue weighted by Gasteiger charge is 2.17. The minimum Gasteiger partial charge on any atom is -0.312 e. The zero-order valence-corrected chi connectivity index (χ0v) is 9.26. The van der Waals surface area contributed by atoms with Crippen molar-refractivity contribution in [2.75, 3.05) is 7.05 Å². The first kappa shape index (κ1) is 10.8. The fourth-order valence-corrected chi connectivity index (χ4v) is 1.76. The molecule has 1 aromatic rings. The molecule has 0 saturated heterocycles. The maximum absolute atomic E-state index is 5.33. The molecule has 76 valence electrons.